The number of methoxy groups -OCH3 is 2. The van der Waals surface area contributed by atoms with E-state index in [1.54, 1.807) is 14.2 Å². The van der Waals surface area contributed by atoms with E-state index in [9.17, 15) is 4.79 Å². The molecule has 1 fully saturated rings. The molecule has 0 saturated carbocycles. The molecule has 0 spiro atoms. The van der Waals surface area contributed by atoms with Gasteiger partial charge in [-0.3, -0.25) is 4.79 Å². The predicted molar refractivity (Wildman–Crippen MR) is 82.3 cm³/mol. The van der Waals surface area contributed by atoms with E-state index in [1.165, 1.54) is 0 Å². The number of hydrogen-bond donors (Lipinski definition) is 0. The number of hydrogen-bond acceptors (Lipinski definition) is 3. The fraction of sp³-hybridized carbons (Fsp3) is 0.562. The summed E-state index contributed by atoms with van der Waals surface area (Å²) in [7, 11) is 3.31. The van der Waals surface area contributed by atoms with Crippen LogP contribution in [0, 0.1) is 0 Å². The van der Waals surface area contributed by atoms with Gasteiger partial charge in [0.1, 0.15) is 0 Å². The van der Waals surface area contributed by atoms with Crippen LogP contribution in [0.3, 0.4) is 0 Å². The molecular weight excluding hydrogens is 290 g/mol. The van der Waals surface area contributed by atoms with Crippen molar-refractivity contribution in [3.63, 3.8) is 0 Å². The van der Waals surface area contributed by atoms with Crippen molar-refractivity contribution in [3.8, 4) is 0 Å². The first-order chi connectivity index (χ1) is 10.1. The van der Waals surface area contributed by atoms with Crippen molar-refractivity contribution in [2.45, 2.75) is 31.5 Å². The van der Waals surface area contributed by atoms with Gasteiger partial charge in [-0.1, -0.05) is 23.7 Å². The number of halogens is 1. The molecule has 2 rings (SSSR count). The van der Waals surface area contributed by atoms with E-state index >= 15 is 0 Å². The molecule has 0 bridgehead atoms. The Labute approximate surface area is 131 Å². The summed E-state index contributed by atoms with van der Waals surface area (Å²) in [5.74, 6) is -0.335. The molecule has 1 heterocycles. The number of carbonyl (C=O) groups excluding carboxylic acids is 1. The lowest BCUT2D eigenvalue weighted by molar-refractivity contribution is -0.228. The van der Waals surface area contributed by atoms with Crippen molar-refractivity contribution in [2.75, 3.05) is 27.3 Å². The van der Waals surface area contributed by atoms with Gasteiger partial charge in [0.15, 0.2) is 5.79 Å². The molecule has 5 heteroatoms. The highest BCUT2D eigenvalue weighted by Gasteiger charge is 2.35. The average molecular weight is 312 g/mol. The second kappa shape index (κ2) is 7.25. The summed E-state index contributed by atoms with van der Waals surface area (Å²) >= 11 is 5.85. The quantitative estimate of drug-likeness (QED) is 0.785. The van der Waals surface area contributed by atoms with E-state index in [-0.39, 0.29) is 5.91 Å². The first-order valence-corrected chi connectivity index (χ1v) is 7.59. The average Bonchev–Trinajstić information content (AvgIpc) is 2.54. The third-order valence-electron chi connectivity index (χ3n) is 4.16. The normalized spacial score (nSPS) is 17.8. The Balaban J connectivity index is 1.81. The third-order valence-corrected chi connectivity index (χ3v) is 4.41. The van der Waals surface area contributed by atoms with Crippen LogP contribution in [-0.2, 0) is 20.7 Å². The molecule has 4 nitrogen and oxygen atoms in total. The summed E-state index contributed by atoms with van der Waals surface area (Å²) in [5.41, 5.74) is 1.13. The summed E-state index contributed by atoms with van der Waals surface area (Å²) in [6, 6.07) is 7.64. The second-order valence-corrected chi connectivity index (χ2v) is 5.76. The first-order valence-electron chi connectivity index (χ1n) is 7.21. The second-order valence-electron chi connectivity index (χ2n) is 5.33. The molecule has 21 heavy (non-hydrogen) atoms. The van der Waals surface area contributed by atoms with E-state index in [0.717, 1.165) is 17.0 Å². The van der Waals surface area contributed by atoms with Crippen LogP contribution >= 0.6 is 11.6 Å². The molecule has 1 saturated heterocycles. The van der Waals surface area contributed by atoms with Gasteiger partial charge in [0.25, 0.3) is 0 Å². The zero-order chi connectivity index (χ0) is 15.3. The summed E-state index contributed by atoms with van der Waals surface area (Å²) in [6.45, 7) is 1.36. The van der Waals surface area contributed by atoms with Crippen molar-refractivity contribution >= 4 is 17.5 Å². The lowest BCUT2D eigenvalue weighted by Crippen LogP contribution is -2.48. The lowest BCUT2D eigenvalue weighted by Gasteiger charge is -2.39. The number of amides is 1. The fourth-order valence-electron chi connectivity index (χ4n) is 2.65. The Hall–Kier alpha value is -1.10. The topological polar surface area (TPSA) is 38.8 Å². The van der Waals surface area contributed by atoms with Crippen LogP contribution in [0.15, 0.2) is 24.3 Å². The zero-order valence-electron chi connectivity index (χ0n) is 12.6. The van der Waals surface area contributed by atoms with Gasteiger partial charge in [0.05, 0.1) is 0 Å². The number of benzene rings is 1. The lowest BCUT2D eigenvalue weighted by atomic mass is 10.0. The van der Waals surface area contributed by atoms with E-state index < -0.39 is 5.79 Å². The van der Waals surface area contributed by atoms with Crippen LogP contribution in [0.25, 0.3) is 0 Å². The standard InChI is InChI=1S/C16H22ClNO3/c1-20-16(21-2)9-11-18(12-10-16)15(19)8-5-13-3-6-14(17)7-4-13/h3-4,6-7H,5,8-12H2,1-2H3. The molecule has 0 unspecified atom stereocenters. The van der Waals surface area contributed by atoms with E-state index in [0.29, 0.717) is 32.4 Å². The molecule has 1 aromatic rings. The monoisotopic (exact) mass is 311 g/mol. The number of rotatable bonds is 5. The van der Waals surface area contributed by atoms with Crippen LogP contribution in [0.1, 0.15) is 24.8 Å². The number of nitrogens with zero attached hydrogens (tertiary/aromatic N) is 1. The van der Waals surface area contributed by atoms with Crippen molar-refractivity contribution in [3.05, 3.63) is 34.9 Å². The highest BCUT2D eigenvalue weighted by molar-refractivity contribution is 6.30. The minimum absolute atomic E-state index is 0.186. The molecule has 0 N–H and O–H groups in total. The summed E-state index contributed by atoms with van der Waals surface area (Å²) in [6.07, 6.45) is 2.69. The maximum Gasteiger partial charge on any atom is 0.222 e. The van der Waals surface area contributed by atoms with Gasteiger partial charge in [-0.15, -0.1) is 0 Å². The Bertz CT molecular complexity index is 461. The maximum absolute atomic E-state index is 12.2. The van der Waals surface area contributed by atoms with Crippen LogP contribution in [0.4, 0.5) is 0 Å². The molecule has 116 valence electrons. The minimum atomic E-state index is -0.521. The molecule has 1 aromatic carbocycles. The SMILES string of the molecule is COC1(OC)CCN(C(=O)CCc2ccc(Cl)cc2)CC1. The van der Waals surface area contributed by atoms with Crippen molar-refractivity contribution in [1.29, 1.82) is 0 Å². The number of aryl methyl sites for hydroxylation is 1. The summed E-state index contributed by atoms with van der Waals surface area (Å²) in [5, 5.41) is 0.719. The van der Waals surface area contributed by atoms with Gasteiger partial charge in [-0.05, 0) is 24.1 Å². The largest absolute Gasteiger partial charge is 0.353 e. The Kier molecular flexibility index (Phi) is 5.62. The highest BCUT2D eigenvalue weighted by atomic mass is 35.5. The minimum Gasteiger partial charge on any atom is -0.353 e. The first kappa shape index (κ1) is 16.3. The van der Waals surface area contributed by atoms with E-state index in [1.807, 2.05) is 29.2 Å². The van der Waals surface area contributed by atoms with Crippen molar-refractivity contribution in [1.82, 2.24) is 4.90 Å². The predicted octanol–water partition coefficient (Wildman–Crippen LogP) is 2.88. The van der Waals surface area contributed by atoms with Crippen LogP contribution in [0.2, 0.25) is 5.02 Å². The number of ether oxygens (including phenoxy) is 2. The molecule has 0 aliphatic carbocycles. The zero-order valence-corrected chi connectivity index (χ0v) is 13.4. The van der Waals surface area contributed by atoms with Gasteiger partial charge in [0.2, 0.25) is 5.91 Å². The van der Waals surface area contributed by atoms with Gasteiger partial charge in [-0.25, -0.2) is 0 Å². The Morgan fingerprint density at radius 1 is 1.19 bits per heavy atom. The molecule has 1 aliphatic heterocycles. The molecule has 0 radical (unpaired) electrons. The van der Waals surface area contributed by atoms with Crippen molar-refractivity contribution < 1.29 is 14.3 Å². The number of carbonyl (C=O) groups is 1. The number of piperidine rings is 1. The molecule has 0 atom stereocenters. The molecule has 0 aromatic heterocycles. The molecular formula is C16H22ClNO3. The van der Waals surface area contributed by atoms with Gasteiger partial charge in [-0.2, -0.15) is 0 Å². The van der Waals surface area contributed by atoms with Crippen LogP contribution in [0.5, 0.6) is 0 Å². The Morgan fingerprint density at radius 3 is 2.29 bits per heavy atom. The van der Waals surface area contributed by atoms with Gasteiger partial charge in [0, 0.05) is 51.6 Å². The third kappa shape index (κ3) is 4.19. The summed E-state index contributed by atoms with van der Waals surface area (Å²) in [4.78, 5) is 14.1. The smallest absolute Gasteiger partial charge is 0.222 e. The molecule has 1 aliphatic rings. The van der Waals surface area contributed by atoms with Crippen LogP contribution in [-0.4, -0.2) is 43.9 Å². The van der Waals surface area contributed by atoms with Crippen molar-refractivity contribution in [2.24, 2.45) is 0 Å². The van der Waals surface area contributed by atoms with Gasteiger partial charge < -0.3 is 14.4 Å². The maximum atomic E-state index is 12.2. The van der Waals surface area contributed by atoms with E-state index in [4.69, 9.17) is 21.1 Å². The van der Waals surface area contributed by atoms with Gasteiger partial charge >= 0.3 is 0 Å². The Morgan fingerprint density at radius 2 is 1.76 bits per heavy atom. The highest BCUT2D eigenvalue weighted by Crippen LogP contribution is 2.26. The van der Waals surface area contributed by atoms with Crippen LogP contribution < -0.4 is 0 Å². The molecule has 1 amide bonds. The number of likely N-dealkylation sites (tertiary alicyclic amines) is 1. The fourth-order valence-corrected chi connectivity index (χ4v) is 2.77. The summed E-state index contributed by atoms with van der Waals surface area (Å²) < 4.78 is 10.8. The van der Waals surface area contributed by atoms with E-state index in [2.05, 4.69) is 0 Å².